The van der Waals surface area contributed by atoms with Crippen molar-refractivity contribution in [1.82, 2.24) is 0 Å². The summed E-state index contributed by atoms with van der Waals surface area (Å²) in [6.45, 7) is 3.95. The molecular formula is C15H16N2OS. The van der Waals surface area contributed by atoms with E-state index in [0.717, 1.165) is 26.7 Å². The highest BCUT2D eigenvalue weighted by atomic mass is 32.1. The van der Waals surface area contributed by atoms with Gasteiger partial charge in [0.2, 0.25) is 5.91 Å². The molecule has 4 heteroatoms. The van der Waals surface area contributed by atoms with Gasteiger partial charge in [0.05, 0.1) is 10.4 Å². The van der Waals surface area contributed by atoms with Gasteiger partial charge in [-0.2, -0.15) is 0 Å². The largest absolute Gasteiger partial charge is 0.391 e. The van der Waals surface area contributed by atoms with Crippen LogP contribution in [0.5, 0.6) is 0 Å². The summed E-state index contributed by atoms with van der Waals surface area (Å²) in [5, 5.41) is 0.808. The maximum absolute atomic E-state index is 12.2. The lowest BCUT2D eigenvalue weighted by Crippen LogP contribution is -2.33. The minimum Gasteiger partial charge on any atom is -0.391 e. The van der Waals surface area contributed by atoms with Crippen LogP contribution in [-0.4, -0.2) is 13.0 Å². The summed E-state index contributed by atoms with van der Waals surface area (Å²) in [6, 6.07) is 10.1. The molecule has 0 saturated carbocycles. The van der Waals surface area contributed by atoms with Crippen LogP contribution in [0.1, 0.15) is 19.4 Å². The minimum atomic E-state index is -0.455. The van der Waals surface area contributed by atoms with Crippen molar-refractivity contribution in [1.29, 1.82) is 0 Å². The van der Waals surface area contributed by atoms with E-state index in [4.69, 9.17) is 5.73 Å². The van der Waals surface area contributed by atoms with E-state index in [2.05, 4.69) is 12.1 Å². The molecule has 0 aliphatic carbocycles. The molecule has 1 amide bonds. The Morgan fingerprint density at radius 3 is 2.58 bits per heavy atom. The fraction of sp³-hybridized carbons (Fsp3) is 0.267. The molecule has 0 saturated heterocycles. The van der Waals surface area contributed by atoms with Crippen molar-refractivity contribution < 1.29 is 4.79 Å². The average Bonchev–Trinajstić information content (AvgIpc) is 2.88. The van der Waals surface area contributed by atoms with Crippen molar-refractivity contribution in [3.63, 3.8) is 0 Å². The Morgan fingerprint density at radius 2 is 1.95 bits per heavy atom. The molecule has 3 rings (SSSR count). The molecule has 0 radical (unpaired) electrons. The number of nitrogens with two attached hydrogens (primary N) is 1. The van der Waals surface area contributed by atoms with Gasteiger partial charge in [0.1, 0.15) is 0 Å². The van der Waals surface area contributed by atoms with Crippen LogP contribution in [-0.2, 0) is 10.2 Å². The van der Waals surface area contributed by atoms with Gasteiger partial charge in [0.15, 0.2) is 0 Å². The number of nitrogens with zero attached hydrogens (tertiary/aromatic N) is 1. The van der Waals surface area contributed by atoms with Crippen LogP contribution in [0.2, 0.25) is 0 Å². The lowest BCUT2D eigenvalue weighted by atomic mass is 9.85. The number of likely N-dealkylation sites (N-methyl/N-ethyl adjacent to an activating group) is 1. The van der Waals surface area contributed by atoms with Gasteiger partial charge in [-0.15, -0.1) is 11.3 Å². The van der Waals surface area contributed by atoms with E-state index < -0.39 is 5.41 Å². The van der Waals surface area contributed by atoms with Crippen molar-refractivity contribution in [2.24, 2.45) is 0 Å². The first kappa shape index (κ1) is 12.2. The van der Waals surface area contributed by atoms with Gasteiger partial charge in [-0.25, -0.2) is 0 Å². The molecule has 0 fully saturated rings. The normalized spacial score (nSPS) is 16.8. The van der Waals surface area contributed by atoms with Crippen LogP contribution in [0.25, 0.3) is 10.4 Å². The van der Waals surface area contributed by atoms with Crippen LogP contribution in [0.15, 0.2) is 30.3 Å². The van der Waals surface area contributed by atoms with E-state index in [1.54, 1.807) is 16.2 Å². The third-order valence-electron chi connectivity index (χ3n) is 3.78. The highest BCUT2D eigenvalue weighted by Crippen LogP contribution is 2.43. The Kier molecular flexibility index (Phi) is 2.47. The Balaban J connectivity index is 2.16. The highest BCUT2D eigenvalue weighted by Gasteiger charge is 2.42. The second-order valence-electron chi connectivity index (χ2n) is 5.42. The van der Waals surface area contributed by atoms with Crippen LogP contribution < -0.4 is 10.6 Å². The number of rotatable bonds is 1. The summed E-state index contributed by atoms with van der Waals surface area (Å²) in [6.07, 6.45) is 0. The second kappa shape index (κ2) is 3.84. The van der Waals surface area contributed by atoms with Crippen molar-refractivity contribution in [3.8, 4) is 10.4 Å². The summed E-state index contributed by atoms with van der Waals surface area (Å²) in [5.41, 5.74) is 8.54. The third kappa shape index (κ3) is 1.67. The molecule has 1 aliphatic heterocycles. The van der Waals surface area contributed by atoms with Crippen molar-refractivity contribution in [3.05, 3.63) is 35.9 Å². The number of hydrogen-bond donors (Lipinski definition) is 1. The molecule has 0 bridgehead atoms. The molecule has 2 heterocycles. The standard InChI is InChI=1S/C15H16N2OS/c1-15(2)10-8-9(12-6-7-13(16)19-12)4-5-11(10)17(3)14(15)18/h4-8H,16H2,1-3H3. The summed E-state index contributed by atoms with van der Waals surface area (Å²) in [7, 11) is 1.83. The van der Waals surface area contributed by atoms with E-state index in [0.29, 0.717) is 0 Å². The first-order valence-electron chi connectivity index (χ1n) is 6.19. The van der Waals surface area contributed by atoms with Crippen LogP contribution in [0, 0.1) is 0 Å². The summed E-state index contributed by atoms with van der Waals surface area (Å²) in [4.78, 5) is 15.1. The van der Waals surface area contributed by atoms with Gasteiger partial charge >= 0.3 is 0 Å². The molecule has 1 aromatic carbocycles. The first-order chi connectivity index (χ1) is 8.91. The van der Waals surface area contributed by atoms with Crippen LogP contribution >= 0.6 is 11.3 Å². The summed E-state index contributed by atoms with van der Waals surface area (Å²) < 4.78 is 0. The van der Waals surface area contributed by atoms with Gasteiger partial charge < -0.3 is 10.6 Å². The van der Waals surface area contributed by atoms with Gasteiger partial charge in [-0.3, -0.25) is 4.79 Å². The van der Waals surface area contributed by atoms with Crippen LogP contribution in [0.3, 0.4) is 0 Å². The van der Waals surface area contributed by atoms with E-state index in [-0.39, 0.29) is 5.91 Å². The zero-order valence-corrected chi connectivity index (χ0v) is 12.0. The number of hydrogen-bond acceptors (Lipinski definition) is 3. The van der Waals surface area contributed by atoms with E-state index in [9.17, 15) is 4.79 Å². The molecular weight excluding hydrogens is 256 g/mol. The number of fused-ring (bicyclic) bond motifs is 1. The first-order valence-corrected chi connectivity index (χ1v) is 7.01. The molecule has 3 nitrogen and oxygen atoms in total. The van der Waals surface area contributed by atoms with Gasteiger partial charge in [0.25, 0.3) is 0 Å². The van der Waals surface area contributed by atoms with Crippen LogP contribution in [0.4, 0.5) is 10.7 Å². The van der Waals surface area contributed by atoms with Crippen molar-refractivity contribution in [2.75, 3.05) is 17.7 Å². The average molecular weight is 272 g/mol. The summed E-state index contributed by atoms with van der Waals surface area (Å²) in [5.74, 6) is 0.144. The number of carbonyl (C=O) groups excluding carboxylic acids is 1. The lowest BCUT2D eigenvalue weighted by Gasteiger charge is -2.16. The predicted octanol–water partition coefficient (Wildman–Crippen LogP) is 3.25. The number of thiophene rings is 1. The molecule has 19 heavy (non-hydrogen) atoms. The topological polar surface area (TPSA) is 46.3 Å². The number of nitrogen functional groups attached to an aromatic ring is 1. The SMILES string of the molecule is CN1C(=O)C(C)(C)c2cc(-c3ccc(N)s3)ccc21. The smallest absolute Gasteiger partial charge is 0.236 e. The zero-order chi connectivity index (χ0) is 13.8. The zero-order valence-electron chi connectivity index (χ0n) is 11.2. The van der Waals surface area contributed by atoms with E-state index in [1.807, 2.05) is 39.1 Å². The predicted molar refractivity (Wildman–Crippen MR) is 80.6 cm³/mol. The Morgan fingerprint density at radius 1 is 1.21 bits per heavy atom. The monoisotopic (exact) mass is 272 g/mol. The van der Waals surface area contributed by atoms with Gasteiger partial charge in [0, 0.05) is 17.6 Å². The maximum atomic E-state index is 12.2. The lowest BCUT2D eigenvalue weighted by molar-refractivity contribution is -0.121. The molecule has 2 aromatic rings. The molecule has 0 spiro atoms. The molecule has 1 aliphatic rings. The molecule has 2 N–H and O–H groups in total. The van der Waals surface area contributed by atoms with Gasteiger partial charge in [-0.1, -0.05) is 6.07 Å². The second-order valence-corrected chi connectivity index (χ2v) is 6.54. The number of anilines is 2. The minimum absolute atomic E-state index is 0.144. The Hall–Kier alpha value is -1.81. The van der Waals surface area contributed by atoms with Gasteiger partial charge in [-0.05, 0) is 49.2 Å². The quantitative estimate of drug-likeness (QED) is 0.866. The fourth-order valence-electron chi connectivity index (χ4n) is 2.63. The molecule has 0 unspecified atom stereocenters. The van der Waals surface area contributed by atoms with E-state index >= 15 is 0 Å². The molecule has 1 aromatic heterocycles. The molecule has 0 atom stereocenters. The number of carbonyl (C=O) groups is 1. The fourth-order valence-corrected chi connectivity index (χ4v) is 3.41. The van der Waals surface area contributed by atoms with E-state index in [1.165, 1.54) is 0 Å². The number of benzene rings is 1. The summed E-state index contributed by atoms with van der Waals surface area (Å²) >= 11 is 1.57. The third-order valence-corrected chi connectivity index (χ3v) is 4.75. The Bertz CT molecular complexity index is 673. The molecule has 98 valence electrons. The Labute approximate surface area is 116 Å². The highest BCUT2D eigenvalue weighted by molar-refractivity contribution is 7.19. The van der Waals surface area contributed by atoms with Crippen molar-refractivity contribution >= 4 is 27.9 Å². The maximum Gasteiger partial charge on any atom is 0.236 e. The van der Waals surface area contributed by atoms with Crippen molar-refractivity contribution in [2.45, 2.75) is 19.3 Å². The number of amides is 1.